The van der Waals surface area contributed by atoms with E-state index in [0.29, 0.717) is 25.4 Å². The number of ketones is 1. The fourth-order valence-electron chi connectivity index (χ4n) is 2.42. The summed E-state index contributed by atoms with van der Waals surface area (Å²) in [5.41, 5.74) is 1.87. The normalized spacial score (nSPS) is 15.6. The average Bonchev–Trinajstić information content (AvgIpc) is 2.50. The molecule has 0 aromatic heterocycles. The van der Waals surface area contributed by atoms with Crippen LogP contribution in [0.15, 0.2) is 18.2 Å². The number of benzene rings is 1. The van der Waals surface area contributed by atoms with E-state index in [0.717, 1.165) is 36.8 Å². The Morgan fingerprint density at radius 1 is 1.29 bits per heavy atom. The van der Waals surface area contributed by atoms with Crippen molar-refractivity contribution in [2.45, 2.75) is 45.1 Å². The molecule has 21 heavy (non-hydrogen) atoms. The molecule has 1 unspecified atom stereocenters. The minimum atomic E-state index is -0.625. The first-order valence-electron chi connectivity index (χ1n) is 7.75. The van der Waals surface area contributed by atoms with Gasteiger partial charge in [0.2, 0.25) is 0 Å². The molecule has 4 heteroatoms. The van der Waals surface area contributed by atoms with Crippen molar-refractivity contribution in [3.8, 4) is 5.75 Å². The Morgan fingerprint density at radius 2 is 2.14 bits per heavy atom. The second-order valence-corrected chi connectivity index (χ2v) is 5.49. The van der Waals surface area contributed by atoms with Gasteiger partial charge in [-0.3, -0.25) is 4.79 Å². The summed E-state index contributed by atoms with van der Waals surface area (Å²) >= 11 is 0. The van der Waals surface area contributed by atoms with Gasteiger partial charge in [-0.15, -0.1) is 0 Å². The number of carbonyl (C=O) groups excluding carboxylic acids is 1. The molecule has 0 aliphatic heterocycles. The second kappa shape index (κ2) is 8.15. The quantitative estimate of drug-likeness (QED) is 0.749. The van der Waals surface area contributed by atoms with E-state index in [4.69, 9.17) is 9.47 Å². The minimum absolute atomic E-state index is 0.207. The van der Waals surface area contributed by atoms with Crippen LogP contribution in [0.2, 0.25) is 0 Å². The monoisotopic (exact) mass is 292 g/mol. The van der Waals surface area contributed by atoms with Gasteiger partial charge in [0.05, 0.1) is 6.61 Å². The Hall–Kier alpha value is -1.39. The summed E-state index contributed by atoms with van der Waals surface area (Å²) in [6.07, 6.45) is 3.93. The molecule has 0 amide bonds. The molecule has 0 radical (unpaired) electrons. The molecule has 1 N–H and O–H groups in total. The number of aliphatic hydroxyl groups is 1. The van der Waals surface area contributed by atoms with Gasteiger partial charge in [-0.2, -0.15) is 0 Å². The van der Waals surface area contributed by atoms with Crippen LogP contribution in [0.1, 0.15) is 48.5 Å². The Balaban J connectivity index is 1.79. The highest BCUT2D eigenvalue weighted by molar-refractivity contribution is 5.98. The molecular weight excluding hydrogens is 268 g/mol. The van der Waals surface area contributed by atoms with E-state index in [-0.39, 0.29) is 12.4 Å². The van der Waals surface area contributed by atoms with Crippen molar-refractivity contribution in [2.75, 3.05) is 19.8 Å². The van der Waals surface area contributed by atoms with Crippen LogP contribution >= 0.6 is 0 Å². The topological polar surface area (TPSA) is 55.8 Å². The maximum Gasteiger partial charge on any atom is 0.163 e. The zero-order valence-electron chi connectivity index (χ0n) is 12.6. The van der Waals surface area contributed by atoms with Gasteiger partial charge in [-0.1, -0.05) is 13.3 Å². The van der Waals surface area contributed by atoms with Crippen molar-refractivity contribution in [1.29, 1.82) is 0 Å². The van der Waals surface area contributed by atoms with Gasteiger partial charge in [0.15, 0.2) is 5.78 Å². The standard InChI is InChI=1S/C17H24O4/c1-2-3-9-20-11-14(18)12-21-15-7-8-16-13(10-15)5-4-6-17(16)19/h7-8,10,14,18H,2-6,9,11-12H2,1H3. The Labute approximate surface area is 126 Å². The summed E-state index contributed by atoms with van der Waals surface area (Å²) in [7, 11) is 0. The number of aryl methyl sites for hydroxylation is 1. The minimum Gasteiger partial charge on any atom is -0.491 e. The van der Waals surface area contributed by atoms with E-state index >= 15 is 0 Å². The summed E-state index contributed by atoms with van der Waals surface area (Å²) in [4.78, 5) is 11.7. The van der Waals surface area contributed by atoms with Crippen LogP contribution in [0.5, 0.6) is 5.75 Å². The predicted molar refractivity (Wildman–Crippen MR) is 80.9 cm³/mol. The van der Waals surface area contributed by atoms with Crippen LogP contribution in [-0.4, -0.2) is 36.8 Å². The fourth-order valence-corrected chi connectivity index (χ4v) is 2.42. The molecule has 1 aromatic carbocycles. The first-order valence-corrected chi connectivity index (χ1v) is 7.75. The molecule has 1 aliphatic rings. The third kappa shape index (κ3) is 4.83. The maximum absolute atomic E-state index is 11.7. The van der Waals surface area contributed by atoms with E-state index in [9.17, 15) is 9.90 Å². The average molecular weight is 292 g/mol. The molecule has 0 heterocycles. The lowest BCUT2D eigenvalue weighted by Gasteiger charge is -2.17. The summed E-state index contributed by atoms with van der Waals surface area (Å²) in [5, 5.41) is 9.79. The molecule has 4 nitrogen and oxygen atoms in total. The van der Waals surface area contributed by atoms with Crippen molar-refractivity contribution in [2.24, 2.45) is 0 Å². The number of hydrogen-bond donors (Lipinski definition) is 1. The number of hydrogen-bond acceptors (Lipinski definition) is 4. The molecule has 2 rings (SSSR count). The lowest BCUT2D eigenvalue weighted by molar-refractivity contribution is 0.0113. The summed E-state index contributed by atoms with van der Waals surface area (Å²) in [6, 6.07) is 5.54. The molecular formula is C17H24O4. The Kier molecular flexibility index (Phi) is 6.21. The van der Waals surface area contributed by atoms with Crippen molar-refractivity contribution < 1.29 is 19.4 Å². The zero-order chi connectivity index (χ0) is 15.1. The Bertz CT molecular complexity index is 470. The van der Waals surface area contributed by atoms with Gasteiger partial charge < -0.3 is 14.6 Å². The van der Waals surface area contributed by atoms with Gasteiger partial charge in [0.1, 0.15) is 18.5 Å². The summed E-state index contributed by atoms with van der Waals surface area (Å²) < 4.78 is 10.9. The molecule has 0 saturated carbocycles. The number of ether oxygens (including phenoxy) is 2. The van der Waals surface area contributed by atoms with Gasteiger partial charge >= 0.3 is 0 Å². The van der Waals surface area contributed by atoms with Gasteiger partial charge in [-0.25, -0.2) is 0 Å². The largest absolute Gasteiger partial charge is 0.491 e. The highest BCUT2D eigenvalue weighted by Gasteiger charge is 2.17. The summed E-state index contributed by atoms with van der Waals surface area (Å²) in [6.45, 7) is 3.28. The number of rotatable bonds is 8. The van der Waals surface area contributed by atoms with Crippen molar-refractivity contribution >= 4 is 5.78 Å². The number of unbranched alkanes of at least 4 members (excludes halogenated alkanes) is 1. The molecule has 0 fully saturated rings. The lowest BCUT2D eigenvalue weighted by atomic mass is 9.90. The van der Waals surface area contributed by atoms with Crippen LogP contribution in [0.4, 0.5) is 0 Å². The Morgan fingerprint density at radius 3 is 2.95 bits per heavy atom. The molecule has 0 saturated heterocycles. The molecule has 1 aliphatic carbocycles. The van der Waals surface area contributed by atoms with E-state index in [1.54, 1.807) is 6.07 Å². The highest BCUT2D eigenvalue weighted by atomic mass is 16.5. The first-order chi connectivity index (χ1) is 10.2. The van der Waals surface area contributed by atoms with E-state index in [1.165, 1.54) is 0 Å². The SMILES string of the molecule is CCCCOCC(O)COc1ccc2c(c1)CCCC2=O. The van der Waals surface area contributed by atoms with E-state index in [1.807, 2.05) is 12.1 Å². The predicted octanol–water partition coefficient (Wildman–Crippen LogP) is 2.76. The molecule has 0 spiro atoms. The van der Waals surface area contributed by atoms with Gasteiger partial charge in [0.25, 0.3) is 0 Å². The molecule has 1 aromatic rings. The van der Waals surface area contributed by atoms with Crippen LogP contribution in [0.25, 0.3) is 0 Å². The second-order valence-electron chi connectivity index (χ2n) is 5.49. The number of fused-ring (bicyclic) bond motifs is 1. The lowest BCUT2D eigenvalue weighted by Crippen LogP contribution is -2.23. The van der Waals surface area contributed by atoms with Gasteiger partial charge in [-0.05, 0) is 43.0 Å². The summed E-state index contributed by atoms with van der Waals surface area (Å²) in [5.74, 6) is 0.920. The van der Waals surface area contributed by atoms with Crippen molar-refractivity contribution in [1.82, 2.24) is 0 Å². The molecule has 0 bridgehead atoms. The fraction of sp³-hybridized carbons (Fsp3) is 0.588. The number of aliphatic hydroxyl groups excluding tert-OH is 1. The van der Waals surface area contributed by atoms with Crippen LogP contribution in [0.3, 0.4) is 0 Å². The van der Waals surface area contributed by atoms with Crippen LogP contribution in [-0.2, 0) is 11.2 Å². The third-order valence-corrected chi connectivity index (χ3v) is 3.62. The van der Waals surface area contributed by atoms with Crippen LogP contribution < -0.4 is 4.74 Å². The highest BCUT2D eigenvalue weighted by Crippen LogP contribution is 2.25. The maximum atomic E-state index is 11.7. The van der Waals surface area contributed by atoms with Gasteiger partial charge in [0, 0.05) is 18.6 Å². The van der Waals surface area contributed by atoms with E-state index in [2.05, 4.69) is 6.92 Å². The number of Topliss-reactive ketones (excluding diaryl/α,β-unsaturated/α-hetero) is 1. The zero-order valence-corrected chi connectivity index (χ0v) is 12.6. The smallest absolute Gasteiger partial charge is 0.163 e. The van der Waals surface area contributed by atoms with Crippen LogP contribution in [0, 0.1) is 0 Å². The van der Waals surface area contributed by atoms with Crippen molar-refractivity contribution in [3.05, 3.63) is 29.3 Å². The van der Waals surface area contributed by atoms with Crippen molar-refractivity contribution in [3.63, 3.8) is 0 Å². The third-order valence-electron chi connectivity index (χ3n) is 3.62. The first kappa shape index (κ1) is 16.0. The number of carbonyl (C=O) groups is 1. The molecule has 116 valence electrons. The van der Waals surface area contributed by atoms with E-state index < -0.39 is 6.10 Å². The molecule has 1 atom stereocenters.